The van der Waals surface area contributed by atoms with Crippen molar-refractivity contribution in [2.45, 2.75) is 26.2 Å². The van der Waals surface area contributed by atoms with Gasteiger partial charge in [0.2, 0.25) is 0 Å². The van der Waals surface area contributed by atoms with Crippen LogP contribution in [-0.4, -0.2) is 22.2 Å². The second kappa shape index (κ2) is 19.2. The fraction of sp³-hybridized carbons (Fsp3) is 0.0571. The van der Waals surface area contributed by atoms with Crippen molar-refractivity contribution in [3.05, 3.63) is 285 Å². The van der Waals surface area contributed by atoms with Crippen LogP contribution in [0, 0.1) is 6.33 Å². The van der Waals surface area contributed by atoms with E-state index in [0.29, 0.717) is 28.2 Å². The largest absolute Gasteiger partial charge is 0.458 e. The van der Waals surface area contributed by atoms with Gasteiger partial charge in [0.25, 0.3) is 6.33 Å². The molecule has 76 heavy (non-hydrogen) atoms. The normalized spacial score (nSPS) is 13.7. The maximum Gasteiger partial charge on any atom is 0.269 e. The number of para-hydroxylation sites is 4. The Morgan fingerprint density at radius 2 is 1.07 bits per heavy atom. The molecule has 364 valence electrons. The Hall–Kier alpha value is -9.36. The SMILES string of the molecule is [2H]c1c([2H])c([2H])c(-c2cccc(-c3c([2H])c([2H])c([2H])c([2H])c3[2H])c2-[n+]2[c-]n(-c3cc(Oc4ccc5c6ccccc6n(-c6cc(C(C)(C)C)ccn6)c5c4)cc([Si](c4ccccc4)(c4ccccc4)c4ccccc4)c3)c3ccccc32)c([2H])c1[2H]. The van der Waals surface area contributed by atoms with Gasteiger partial charge < -0.3 is 4.74 Å². The molecule has 13 aromatic rings. The smallest absolute Gasteiger partial charge is 0.269 e. The second-order valence-corrected chi connectivity index (χ2v) is 23.6. The van der Waals surface area contributed by atoms with Crippen molar-refractivity contribution in [1.29, 1.82) is 0 Å². The van der Waals surface area contributed by atoms with E-state index in [9.17, 15) is 5.48 Å². The van der Waals surface area contributed by atoms with Gasteiger partial charge in [-0.15, -0.1) is 0 Å². The maximum atomic E-state index is 9.29. The average molecular weight is 1010 g/mol. The molecule has 3 heterocycles. The molecule has 0 bridgehead atoms. The van der Waals surface area contributed by atoms with Gasteiger partial charge in [-0.1, -0.05) is 233 Å². The third kappa shape index (κ3) is 8.11. The summed E-state index contributed by atoms with van der Waals surface area (Å²) in [6.45, 7) is 6.57. The quantitative estimate of drug-likeness (QED) is 0.0560. The van der Waals surface area contributed by atoms with E-state index < -0.39 is 68.5 Å². The van der Waals surface area contributed by atoms with Gasteiger partial charge in [-0.25, -0.2) is 4.98 Å². The van der Waals surface area contributed by atoms with E-state index in [1.165, 1.54) is 0 Å². The van der Waals surface area contributed by atoms with Crippen LogP contribution in [0.5, 0.6) is 11.5 Å². The zero-order chi connectivity index (χ0) is 59.9. The summed E-state index contributed by atoms with van der Waals surface area (Å²) in [6.07, 6.45) is 5.51. The lowest BCUT2D eigenvalue weighted by atomic mass is 9.88. The molecule has 0 unspecified atom stereocenters. The first-order valence-corrected chi connectivity index (χ1v) is 27.2. The van der Waals surface area contributed by atoms with E-state index in [1.807, 2.05) is 77.5 Å². The van der Waals surface area contributed by atoms with Gasteiger partial charge in [0.1, 0.15) is 17.3 Å². The molecule has 0 saturated heterocycles. The zero-order valence-electron chi connectivity index (χ0n) is 51.9. The van der Waals surface area contributed by atoms with Crippen LogP contribution in [0.2, 0.25) is 0 Å². The maximum absolute atomic E-state index is 9.29. The third-order valence-electron chi connectivity index (χ3n) is 14.3. The first-order valence-electron chi connectivity index (χ1n) is 30.2. The number of rotatable bonds is 11. The highest BCUT2D eigenvalue weighted by molar-refractivity contribution is 7.20. The number of hydrogen-bond donors (Lipinski definition) is 0. The van der Waals surface area contributed by atoms with E-state index in [4.69, 9.17) is 17.9 Å². The standard InChI is InChI=1S/C70H54N4OSi/c1-70(2,3)52-42-43-71-68(44-52)74-64-37-20-19-34-62(64)63-41-40-54(48-67(63)74)75-55-45-53(46-59(47-55)76(56-28-13-6-14-29-56,57-30-15-7-16-31-57)58-32-17-8-18-33-58)72-49-73(66-39-22-21-38-65(66)72)69-60(50-24-9-4-10-25-50)35-23-36-61(69)51-26-11-5-12-27-51/h4-48H,1-3H3/i4D,5D,9D,10D,11D,12D,24D,25D,26D,27D. The zero-order valence-corrected chi connectivity index (χ0v) is 42.9. The van der Waals surface area contributed by atoms with Gasteiger partial charge >= 0.3 is 0 Å². The van der Waals surface area contributed by atoms with Crippen LogP contribution in [0.3, 0.4) is 0 Å². The summed E-state index contributed by atoms with van der Waals surface area (Å²) in [7, 11) is -3.35. The molecule has 0 aliphatic carbocycles. The van der Waals surface area contributed by atoms with Crippen molar-refractivity contribution < 1.29 is 23.0 Å². The molecule has 0 saturated carbocycles. The molecule has 10 aromatic carbocycles. The molecule has 0 radical (unpaired) electrons. The molecular formula is C70H54N4OSi. The molecule has 5 nitrogen and oxygen atoms in total. The minimum absolute atomic E-state index is 0.132. The molecule has 13 rings (SSSR count). The van der Waals surface area contributed by atoms with E-state index >= 15 is 0 Å². The topological polar surface area (TPSA) is 35.9 Å². The summed E-state index contributed by atoms with van der Waals surface area (Å²) >= 11 is 0. The van der Waals surface area contributed by atoms with Crippen LogP contribution in [0.1, 0.15) is 40.0 Å². The molecule has 0 amide bonds. The number of benzene rings is 10. The van der Waals surface area contributed by atoms with E-state index in [0.717, 1.165) is 53.9 Å². The van der Waals surface area contributed by atoms with Gasteiger partial charge in [-0.05, 0) is 103 Å². The molecule has 6 heteroatoms. The van der Waals surface area contributed by atoms with Gasteiger partial charge in [0.05, 0.1) is 47.1 Å². The molecule has 0 atom stereocenters. The Labute approximate surface area is 458 Å². The summed E-state index contributed by atoms with van der Waals surface area (Å²) in [5, 5.41) is 6.40. The van der Waals surface area contributed by atoms with Crippen LogP contribution in [-0.2, 0) is 5.41 Å². The van der Waals surface area contributed by atoms with Gasteiger partial charge in [0.15, 0.2) is 8.07 Å². The fourth-order valence-electron chi connectivity index (χ4n) is 10.8. The molecule has 0 aliphatic rings. The number of fused-ring (bicyclic) bond motifs is 4. The van der Waals surface area contributed by atoms with E-state index in [-0.39, 0.29) is 33.4 Å². The molecule has 0 N–H and O–H groups in total. The number of pyridine rings is 1. The highest BCUT2D eigenvalue weighted by Gasteiger charge is 2.42. The highest BCUT2D eigenvalue weighted by Crippen LogP contribution is 2.38. The van der Waals surface area contributed by atoms with Crippen LogP contribution < -0.4 is 30.1 Å². The van der Waals surface area contributed by atoms with Gasteiger partial charge in [-0.3, -0.25) is 13.7 Å². The summed E-state index contributed by atoms with van der Waals surface area (Å²) in [4.78, 5) is 4.95. The highest BCUT2D eigenvalue weighted by atomic mass is 28.3. The van der Waals surface area contributed by atoms with Crippen LogP contribution in [0.4, 0.5) is 0 Å². The van der Waals surface area contributed by atoms with Crippen LogP contribution >= 0.6 is 0 Å². The van der Waals surface area contributed by atoms with E-state index in [1.54, 1.807) is 22.8 Å². The number of ether oxygens (including phenoxy) is 1. The molecule has 0 spiro atoms. The Morgan fingerprint density at radius 1 is 0.500 bits per heavy atom. The minimum Gasteiger partial charge on any atom is -0.458 e. The number of imidazole rings is 1. The Kier molecular flexibility index (Phi) is 9.21. The molecule has 3 aromatic heterocycles. The number of hydrogen-bond acceptors (Lipinski definition) is 2. The Bertz CT molecular complexity index is 4610. The van der Waals surface area contributed by atoms with Crippen molar-refractivity contribution in [2.24, 2.45) is 0 Å². The number of aromatic nitrogens is 4. The summed E-state index contributed by atoms with van der Waals surface area (Å²) in [5.41, 5.74) is 4.86. The lowest BCUT2D eigenvalue weighted by molar-refractivity contribution is -0.571. The Balaban J connectivity index is 1.12. The Morgan fingerprint density at radius 3 is 1.68 bits per heavy atom. The molecule has 0 aliphatic heterocycles. The summed E-state index contributed by atoms with van der Waals surface area (Å²) in [6, 6.07) is 63.6. The lowest BCUT2D eigenvalue weighted by Crippen LogP contribution is -2.74. The van der Waals surface area contributed by atoms with Crippen molar-refractivity contribution in [3.63, 3.8) is 0 Å². The van der Waals surface area contributed by atoms with Gasteiger partial charge in [0, 0.05) is 23.0 Å². The predicted octanol–water partition coefficient (Wildman–Crippen LogP) is 14.0. The van der Waals surface area contributed by atoms with E-state index in [2.05, 4.69) is 153 Å². The first-order chi connectivity index (χ1) is 41.5. The molecule has 0 fully saturated rings. The van der Waals surface area contributed by atoms with Crippen LogP contribution in [0.15, 0.2) is 273 Å². The monoisotopic (exact) mass is 1000 g/mol. The van der Waals surface area contributed by atoms with Crippen molar-refractivity contribution >= 4 is 61.7 Å². The molecular weight excluding hydrogens is 941 g/mol. The number of nitrogens with zero attached hydrogens (tertiary/aromatic N) is 4. The first kappa shape index (κ1) is 36.5. The predicted molar refractivity (Wildman–Crippen MR) is 315 cm³/mol. The van der Waals surface area contributed by atoms with Gasteiger partial charge in [-0.2, -0.15) is 0 Å². The lowest BCUT2D eigenvalue weighted by Gasteiger charge is -2.35. The van der Waals surface area contributed by atoms with Crippen molar-refractivity contribution in [3.8, 4) is 50.9 Å². The summed E-state index contributed by atoms with van der Waals surface area (Å²) in [5.74, 6) is 1.85. The average Bonchev–Trinajstić information content (AvgIpc) is 1.80. The summed E-state index contributed by atoms with van der Waals surface area (Å²) < 4.78 is 103. The minimum atomic E-state index is -3.35. The van der Waals surface area contributed by atoms with Crippen molar-refractivity contribution in [2.75, 3.05) is 0 Å². The van der Waals surface area contributed by atoms with Crippen molar-refractivity contribution in [1.82, 2.24) is 14.1 Å². The second-order valence-electron chi connectivity index (χ2n) is 19.8. The fourth-order valence-corrected chi connectivity index (χ4v) is 15.6. The van der Waals surface area contributed by atoms with Crippen LogP contribution in [0.25, 0.3) is 72.3 Å². The third-order valence-corrected chi connectivity index (χ3v) is 19.0.